The van der Waals surface area contributed by atoms with E-state index in [4.69, 9.17) is 0 Å². The van der Waals surface area contributed by atoms with Crippen LogP contribution in [-0.4, -0.2) is 59.7 Å². The quantitative estimate of drug-likeness (QED) is 0.349. The molecule has 10 heteroatoms. The van der Waals surface area contributed by atoms with Crippen LogP contribution in [0.2, 0.25) is 0 Å². The van der Waals surface area contributed by atoms with Gasteiger partial charge in [0.2, 0.25) is 18.1 Å². The van der Waals surface area contributed by atoms with Crippen LogP contribution in [-0.2, 0) is 11.2 Å². The largest absolute Gasteiger partial charge is 0.374 e. The Morgan fingerprint density at radius 2 is 2.14 bits per heavy atom. The Hall–Kier alpha value is -4.60. The van der Waals surface area contributed by atoms with Crippen molar-refractivity contribution < 1.29 is 13.9 Å². The fraction of sp³-hybridized carbons (Fsp3) is 0.192. The summed E-state index contributed by atoms with van der Waals surface area (Å²) in [6.45, 7) is 4.42. The average Bonchev–Trinajstić information content (AvgIpc) is 3.45. The highest BCUT2D eigenvalue weighted by Gasteiger charge is 2.20. The van der Waals surface area contributed by atoms with Crippen LogP contribution >= 0.6 is 0 Å². The second kappa shape index (κ2) is 9.57. The Kier molecular flexibility index (Phi) is 6.16. The van der Waals surface area contributed by atoms with Gasteiger partial charge in [-0.05, 0) is 59.1 Å². The van der Waals surface area contributed by atoms with E-state index in [1.165, 1.54) is 29.4 Å². The predicted octanol–water partition coefficient (Wildman–Crippen LogP) is 3.64. The van der Waals surface area contributed by atoms with Gasteiger partial charge in [0.25, 0.3) is 0 Å². The summed E-state index contributed by atoms with van der Waals surface area (Å²) >= 11 is 0. The third-order valence-corrected chi connectivity index (χ3v) is 6.06. The van der Waals surface area contributed by atoms with E-state index in [-0.39, 0.29) is 17.6 Å². The van der Waals surface area contributed by atoms with Gasteiger partial charge in [-0.3, -0.25) is 4.79 Å². The molecule has 0 saturated carbocycles. The summed E-state index contributed by atoms with van der Waals surface area (Å²) < 4.78 is 16.5. The number of nitrogens with zero attached hydrogens (tertiary/aromatic N) is 5. The number of carbonyl (C=O) groups excluding carboxylic acids is 1. The van der Waals surface area contributed by atoms with Crippen molar-refractivity contribution in [3.8, 4) is 11.1 Å². The Bertz CT molecular complexity index is 1420. The minimum Gasteiger partial charge on any atom is -0.374 e. The summed E-state index contributed by atoms with van der Waals surface area (Å²) in [4.78, 5) is 23.1. The highest BCUT2D eigenvalue weighted by Crippen LogP contribution is 2.35. The van der Waals surface area contributed by atoms with E-state index in [2.05, 4.69) is 61.7 Å². The number of halogens is 1. The molecule has 2 aromatic carbocycles. The van der Waals surface area contributed by atoms with Crippen LogP contribution in [0.1, 0.15) is 5.56 Å². The number of rotatable bonds is 7. The smallest absolute Gasteiger partial charge is 0.247 e. The monoisotopic (exact) mass is 485 g/mol. The van der Waals surface area contributed by atoms with Crippen molar-refractivity contribution in [1.29, 1.82) is 0 Å². The fourth-order valence-corrected chi connectivity index (χ4v) is 4.22. The molecule has 1 aromatic heterocycles. The van der Waals surface area contributed by atoms with Gasteiger partial charge in [-0.2, -0.15) is 4.98 Å². The summed E-state index contributed by atoms with van der Waals surface area (Å²) in [6, 6.07) is 10.3. The first-order chi connectivity index (χ1) is 17.4. The first-order valence-electron chi connectivity index (χ1n) is 11.5. The van der Waals surface area contributed by atoms with E-state index in [0.29, 0.717) is 17.5 Å². The Morgan fingerprint density at radius 3 is 2.92 bits per heavy atom. The molecule has 2 aliphatic rings. The van der Waals surface area contributed by atoms with Gasteiger partial charge in [-0.25, -0.2) is 9.37 Å². The fourth-order valence-electron chi connectivity index (χ4n) is 4.22. The second-order valence-corrected chi connectivity index (χ2v) is 8.64. The van der Waals surface area contributed by atoms with Gasteiger partial charge in [0.15, 0.2) is 13.1 Å². The molecule has 1 atom stereocenters. The molecule has 0 spiro atoms. The van der Waals surface area contributed by atoms with Gasteiger partial charge < -0.3 is 20.9 Å². The molecule has 0 aliphatic carbocycles. The van der Waals surface area contributed by atoms with Gasteiger partial charge in [-0.15, -0.1) is 0 Å². The molecule has 9 nitrogen and oxygen atoms in total. The first-order valence-corrected chi connectivity index (χ1v) is 11.5. The molecule has 2 aliphatic heterocycles. The van der Waals surface area contributed by atoms with Gasteiger partial charge in [0.05, 0.1) is 5.69 Å². The van der Waals surface area contributed by atoms with Crippen LogP contribution in [0.3, 0.4) is 0 Å². The van der Waals surface area contributed by atoms with Gasteiger partial charge >= 0.3 is 0 Å². The Balaban J connectivity index is 1.53. The van der Waals surface area contributed by atoms with E-state index < -0.39 is 5.82 Å². The lowest BCUT2D eigenvalue weighted by atomic mass is 10.0. The maximum absolute atomic E-state index is 14.8. The van der Waals surface area contributed by atoms with Crippen molar-refractivity contribution in [3.63, 3.8) is 0 Å². The molecule has 1 unspecified atom stereocenters. The molecule has 3 heterocycles. The van der Waals surface area contributed by atoms with Gasteiger partial charge in [-0.1, -0.05) is 17.3 Å². The summed E-state index contributed by atoms with van der Waals surface area (Å²) in [7, 11) is 3.91. The Morgan fingerprint density at radius 1 is 1.28 bits per heavy atom. The molecule has 1 amide bonds. The third kappa shape index (κ3) is 4.78. The number of carbonyl (C=O) groups is 1. The number of hydrogen-bond donors (Lipinski definition) is 3. The molecule has 0 fully saturated rings. The molecular formula is C26H26FN8O+. The molecular weight excluding hydrogens is 459 g/mol. The minimum absolute atomic E-state index is 0.164. The SMILES string of the molecule is C=CC(=O)Nc1ccc(F)c(Nc2nc(NC3C=N[N+](C)=C3)ncc2-c2ccc3c(c2)CCN3C)c1. The Labute approximate surface area is 208 Å². The van der Waals surface area contributed by atoms with Crippen LogP contribution in [0.15, 0.2) is 60.4 Å². The molecule has 182 valence electrons. The lowest BCUT2D eigenvalue weighted by Gasteiger charge is -2.16. The van der Waals surface area contributed by atoms with E-state index in [0.717, 1.165) is 30.2 Å². The number of benzene rings is 2. The molecule has 3 N–H and O–H groups in total. The van der Waals surface area contributed by atoms with Crippen LogP contribution < -0.4 is 20.9 Å². The van der Waals surface area contributed by atoms with E-state index >= 15 is 0 Å². The van der Waals surface area contributed by atoms with Crippen molar-refractivity contribution in [3.05, 3.63) is 66.6 Å². The highest BCUT2D eigenvalue weighted by atomic mass is 19.1. The average molecular weight is 486 g/mol. The zero-order chi connectivity index (χ0) is 25.2. The summed E-state index contributed by atoms with van der Waals surface area (Å²) in [5, 5.41) is 13.2. The van der Waals surface area contributed by atoms with Crippen LogP contribution in [0.4, 0.5) is 33.2 Å². The number of fused-ring (bicyclic) bond motifs is 1. The lowest BCUT2D eigenvalue weighted by Crippen LogP contribution is -2.23. The summed E-state index contributed by atoms with van der Waals surface area (Å²) in [6.07, 6.45) is 7.45. The van der Waals surface area contributed by atoms with Crippen molar-refractivity contribution >= 4 is 47.2 Å². The second-order valence-electron chi connectivity index (χ2n) is 8.64. The minimum atomic E-state index is -0.487. The number of amides is 1. The zero-order valence-electron chi connectivity index (χ0n) is 20.0. The van der Waals surface area contributed by atoms with Crippen molar-refractivity contribution in [2.75, 3.05) is 41.5 Å². The van der Waals surface area contributed by atoms with Crippen LogP contribution in [0, 0.1) is 5.82 Å². The number of hydrazone groups is 1. The maximum Gasteiger partial charge on any atom is 0.247 e. The number of hydrogen-bond acceptors (Lipinski definition) is 7. The van der Waals surface area contributed by atoms with Gasteiger partial charge in [0.1, 0.15) is 17.8 Å². The maximum atomic E-state index is 14.8. The molecule has 0 bridgehead atoms. The van der Waals surface area contributed by atoms with E-state index in [1.54, 1.807) is 17.1 Å². The van der Waals surface area contributed by atoms with E-state index in [1.807, 2.05) is 19.3 Å². The molecule has 36 heavy (non-hydrogen) atoms. The lowest BCUT2D eigenvalue weighted by molar-refractivity contribution is -0.494. The molecule has 0 radical (unpaired) electrons. The van der Waals surface area contributed by atoms with E-state index in [9.17, 15) is 9.18 Å². The summed E-state index contributed by atoms with van der Waals surface area (Å²) in [5.41, 5.74) is 4.67. The van der Waals surface area contributed by atoms with Crippen LogP contribution in [0.5, 0.6) is 0 Å². The summed E-state index contributed by atoms with van der Waals surface area (Å²) in [5.74, 6) is -0.0849. The predicted molar refractivity (Wildman–Crippen MR) is 141 cm³/mol. The van der Waals surface area contributed by atoms with Crippen molar-refractivity contribution in [1.82, 2.24) is 9.97 Å². The number of likely N-dealkylation sites (N-methyl/N-ethyl adjacent to an activating group) is 1. The third-order valence-electron chi connectivity index (χ3n) is 6.06. The number of aromatic nitrogens is 2. The number of anilines is 5. The number of nitrogens with one attached hydrogen (secondary N) is 3. The molecule has 3 aromatic rings. The highest BCUT2D eigenvalue weighted by molar-refractivity contribution is 5.99. The van der Waals surface area contributed by atoms with Crippen molar-refractivity contribution in [2.45, 2.75) is 12.5 Å². The first kappa shape index (κ1) is 23.2. The van der Waals surface area contributed by atoms with Crippen LogP contribution in [0.25, 0.3) is 11.1 Å². The topological polar surface area (TPSA) is 97.5 Å². The normalized spacial score (nSPS) is 15.9. The molecule has 5 rings (SSSR count). The zero-order valence-corrected chi connectivity index (χ0v) is 20.0. The molecule has 0 saturated heterocycles. The van der Waals surface area contributed by atoms with Gasteiger partial charge in [0, 0.05) is 36.7 Å². The standard InChI is InChI=1S/C26H25FN8O/c1-4-24(36)30-18-6-7-21(27)22(12-18)32-25-20(16-5-8-23-17(11-16)9-10-34(23)2)14-28-26(33-25)31-19-13-29-35(3)15-19/h4-8,11-15,19H,1,9-10H2,2-3H3,(H2-,28,30,31,32,33,36)/p+1. The van der Waals surface area contributed by atoms with Crippen molar-refractivity contribution in [2.24, 2.45) is 5.10 Å².